The number of halogens is 1. The Balaban J connectivity index is 0.00000157. The first-order chi connectivity index (χ1) is 21.5. The number of ketones is 1. The fraction of sp³-hybridized carbons (Fsp3) is 0.500. The molecule has 46 heavy (non-hydrogen) atoms. The number of carbonyl (C=O) groups excluding carboxylic acids is 2. The summed E-state index contributed by atoms with van der Waals surface area (Å²) in [6, 6.07) is 7.98. The number of hydrogen-bond acceptors (Lipinski definition) is 5. The fourth-order valence-electron chi connectivity index (χ4n) is 4.48. The maximum absolute atomic E-state index is 14.4. The van der Waals surface area contributed by atoms with E-state index in [0.29, 0.717) is 17.4 Å². The van der Waals surface area contributed by atoms with Crippen LogP contribution in [-0.4, -0.2) is 23.3 Å². The van der Waals surface area contributed by atoms with Gasteiger partial charge in [-0.1, -0.05) is 86.6 Å². The van der Waals surface area contributed by atoms with Gasteiger partial charge < -0.3 is 10.1 Å². The normalized spacial score (nSPS) is 12.7. The maximum atomic E-state index is 14.4. The van der Waals surface area contributed by atoms with Crippen LogP contribution >= 0.6 is 0 Å². The quantitative estimate of drug-likeness (QED) is 0.135. The lowest BCUT2D eigenvalue weighted by atomic mass is 9.74. The number of nitrogens with one attached hydrogen (secondary N) is 1. The van der Waals surface area contributed by atoms with Crippen LogP contribution in [0.25, 0.3) is 11.3 Å². The molecule has 6 heteroatoms. The second kappa shape index (κ2) is 21.2. The summed E-state index contributed by atoms with van der Waals surface area (Å²) in [4.78, 5) is 32.1. The van der Waals surface area contributed by atoms with Gasteiger partial charge >= 0.3 is 0 Å². The molecular weight excluding hydrogens is 573 g/mol. The van der Waals surface area contributed by atoms with E-state index in [4.69, 9.17) is 4.98 Å². The topological polar surface area (TPSA) is 71.4 Å². The zero-order chi connectivity index (χ0) is 35.6. The Labute approximate surface area is 279 Å². The van der Waals surface area contributed by atoms with E-state index in [1.807, 2.05) is 85.9 Å². The summed E-state index contributed by atoms with van der Waals surface area (Å²) in [5, 5.41) is 3.12. The monoisotopic (exact) mass is 633 g/mol. The Morgan fingerprint density at radius 1 is 1.09 bits per heavy atom. The van der Waals surface area contributed by atoms with E-state index < -0.39 is 11.2 Å². The number of carbonyl (C=O) groups is 2. The van der Waals surface area contributed by atoms with Crippen molar-refractivity contribution in [2.45, 2.75) is 115 Å². The number of hydrogen-bond donors (Lipinski definition) is 1. The number of pyridine rings is 1. The van der Waals surface area contributed by atoms with Crippen LogP contribution in [0.4, 0.5) is 15.9 Å². The number of aryl methyl sites for hydroxylation is 1. The van der Waals surface area contributed by atoms with Gasteiger partial charge in [-0.2, -0.15) is 0 Å². The lowest BCUT2D eigenvalue weighted by Crippen LogP contribution is -2.33. The Hall–Kier alpha value is -3.67. The predicted octanol–water partition coefficient (Wildman–Crippen LogP) is 11.6. The summed E-state index contributed by atoms with van der Waals surface area (Å²) >= 11 is 0. The van der Waals surface area contributed by atoms with Gasteiger partial charge in [0.25, 0.3) is 0 Å². The van der Waals surface area contributed by atoms with Gasteiger partial charge in [-0.3, -0.25) is 9.79 Å². The summed E-state index contributed by atoms with van der Waals surface area (Å²) in [7, 11) is 0. The highest BCUT2D eigenvalue weighted by Gasteiger charge is 2.32. The van der Waals surface area contributed by atoms with E-state index in [2.05, 4.69) is 51.5 Å². The molecule has 0 amide bonds. The van der Waals surface area contributed by atoms with E-state index in [0.717, 1.165) is 59.4 Å². The molecule has 5 nitrogen and oxygen atoms in total. The molecule has 0 aliphatic heterocycles. The highest BCUT2D eigenvalue weighted by molar-refractivity contribution is 5.91. The van der Waals surface area contributed by atoms with Gasteiger partial charge in [-0.25, -0.2) is 9.37 Å². The molecule has 254 valence electrons. The van der Waals surface area contributed by atoms with Crippen molar-refractivity contribution < 1.29 is 14.0 Å². The van der Waals surface area contributed by atoms with E-state index >= 15 is 0 Å². The van der Waals surface area contributed by atoms with Crippen molar-refractivity contribution in [2.24, 2.45) is 22.7 Å². The van der Waals surface area contributed by atoms with Crippen molar-refractivity contribution in [3.05, 3.63) is 77.3 Å². The molecule has 0 aliphatic carbocycles. The molecule has 1 unspecified atom stereocenters. The summed E-state index contributed by atoms with van der Waals surface area (Å²) in [5.74, 6) is 1.62. The van der Waals surface area contributed by atoms with Crippen molar-refractivity contribution in [1.29, 1.82) is 0 Å². The van der Waals surface area contributed by atoms with Crippen LogP contribution in [0.5, 0.6) is 0 Å². The van der Waals surface area contributed by atoms with Crippen molar-refractivity contribution in [2.75, 3.05) is 5.32 Å². The van der Waals surface area contributed by atoms with Crippen LogP contribution in [0, 0.1) is 31.6 Å². The van der Waals surface area contributed by atoms with Crippen molar-refractivity contribution >= 4 is 29.8 Å². The molecule has 0 spiro atoms. The average Bonchev–Trinajstić information content (AvgIpc) is 3.00. The number of benzene rings is 1. The van der Waals surface area contributed by atoms with Crippen LogP contribution in [-0.2, 0) is 15.0 Å². The van der Waals surface area contributed by atoms with Gasteiger partial charge in [0, 0.05) is 35.1 Å². The van der Waals surface area contributed by atoms with Crippen LogP contribution in [0.3, 0.4) is 0 Å². The van der Waals surface area contributed by atoms with Crippen molar-refractivity contribution in [3.63, 3.8) is 0 Å². The summed E-state index contributed by atoms with van der Waals surface area (Å²) < 4.78 is 14.4. The van der Waals surface area contributed by atoms with E-state index in [-0.39, 0.29) is 17.4 Å². The van der Waals surface area contributed by atoms with Crippen LogP contribution in [0.15, 0.2) is 65.6 Å². The molecule has 2 aromatic rings. The van der Waals surface area contributed by atoms with Crippen LogP contribution < -0.4 is 5.32 Å². The molecule has 0 aliphatic rings. The Morgan fingerprint density at radius 3 is 2.13 bits per heavy atom. The molecule has 1 aromatic carbocycles. The van der Waals surface area contributed by atoms with Crippen molar-refractivity contribution in [1.82, 2.24) is 4.98 Å². The summed E-state index contributed by atoms with van der Waals surface area (Å²) in [6.45, 7) is 29.8. The molecule has 1 atom stereocenters. The number of aromatic nitrogens is 1. The molecule has 0 fully saturated rings. The second-order valence-corrected chi connectivity index (χ2v) is 13.1. The smallest absolute Gasteiger partial charge is 0.146 e. The largest absolute Gasteiger partial charge is 0.338 e. The third-order valence-electron chi connectivity index (χ3n) is 7.21. The molecule has 0 bridgehead atoms. The number of aliphatic imine (C=N–C) groups is 1. The molecule has 0 saturated carbocycles. The average molecular weight is 634 g/mol. The van der Waals surface area contributed by atoms with Gasteiger partial charge in [0.15, 0.2) is 0 Å². The minimum atomic E-state index is -0.588. The first-order valence-corrected chi connectivity index (χ1v) is 16.6. The van der Waals surface area contributed by atoms with Gasteiger partial charge in [0.1, 0.15) is 23.7 Å². The number of allylic oxidation sites excluding steroid dienone is 4. The molecule has 1 aromatic heterocycles. The number of nitrogens with zero attached hydrogens (tertiary/aromatic N) is 2. The van der Waals surface area contributed by atoms with E-state index in [1.54, 1.807) is 12.2 Å². The SMILES string of the molecule is C=C/C(F)=C(\C=C/C)Nc1nc(-c2ccc(C(C)(C)C(=O)C(C)C)c(C)c2)cc(N=CCC)c1C.CC(C)C.CCC(C)CC=O. The zero-order valence-corrected chi connectivity index (χ0v) is 30.8. The number of rotatable bonds is 13. The lowest BCUT2D eigenvalue weighted by Gasteiger charge is -2.28. The highest BCUT2D eigenvalue weighted by Crippen LogP contribution is 2.35. The number of anilines is 1. The molecule has 1 heterocycles. The standard InChI is InChI=1S/C30H38FN3O.C6H12O.C4H10/c1-10-13-25(24(31)12-3)33-29-21(7)26(32-16-11-2)18-27(34-29)22-14-15-23(20(6)17-22)30(8,9)28(35)19(4)5;1-3-6(2)4-5-7;1-4(2)3/h10,12-19H,3,11H2,1-2,4-9H3,(H,33,34);5-6H,3-4H2,1-2H3;4H,1-3H3/b13-10-,25-24-,32-16?;;. The Kier molecular flexibility index (Phi) is 19.5. The van der Waals surface area contributed by atoms with Gasteiger partial charge in [-0.05, 0) is 88.3 Å². The summed E-state index contributed by atoms with van der Waals surface area (Å²) in [6.07, 6.45) is 10.0. The highest BCUT2D eigenvalue weighted by atomic mass is 19.1. The minimum absolute atomic E-state index is 0.0501. The Bertz CT molecular complexity index is 1360. The minimum Gasteiger partial charge on any atom is -0.338 e. The second-order valence-electron chi connectivity index (χ2n) is 13.1. The third-order valence-corrected chi connectivity index (χ3v) is 7.21. The molecule has 1 N–H and O–H groups in total. The van der Waals surface area contributed by atoms with E-state index in [9.17, 15) is 14.0 Å². The summed E-state index contributed by atoms with van der Waals surface area (Å²) in [5.41, 5.74) is 4.89. The molecular formula is C40H60FN3O2. The molecule has 0 radical (unpaired) electrons. The van der Waals surface area contributed by atoms with Gasteiger partial charge in [-0.15, -0.1) is 0 Å². The zero-order valence-electron chi connectivity index (χ0n) is 30.8. The number of aldehydes is 1. The van der Waals surface area contributed by atoms with Crippen molar-refractivity contribution in [3.8, 4) is 11.3 Å². The Morgan fingerprint density at radius 2 is 1.70 bits per heavy atom. The predicted molar refractivity (Wildman–Crippen MR) is 198 cm³/mol. The fourth-order valence-corrected chi connectivity index (χ4v) is 4.48. The molecule has 2 rings (SSSR count). The lowest BCUT2D eigenvalue weighted by molar-refractivity contribution is -0.126. The van der Waals surface area contributed by atoms with E-state index in [1.165, 1.54) is 6.08 Å². The van der Waals surface area contributed by atoms with Gasteiger partial charge in [0.2, 0.25) is 0 Å². The van der Waals surface area contributed by atoms with Crippen LogP contribution in [0.2, 0.25) is 0 Å². The molecule has 0 saturated heterocycles. The maximum Gasteiger partial charge on any atom is 0.146 e. The number of Topliss-reactive ketones (excluding diaryl/α,β-unsaturated/α-hetero) is 1. The first-order valence-electron chi connectivity index (χ1n) is 16.6. The van der Waals surface area contributed by atoms with Gasteiger partial charge in [0.05, 0.1) is 17.1 Å². The third kappa shape index (κ3) is 13.8. The van der Waals surface area contributed by atoms with Crippen LogP contribution in [0.1, 0.15) is 112 Å². The first kappa shape index (κ1) is 42.3.